The Balaban J connectivity index is 2.92. The van der Waals surface area contributed by atoms with Gasteiger partial charge >= 0.3 is 6.18 Å². The highest BCUT2D eigenvalue weighted by atomic mass is 79.9. The van der Waals surface area contributed by atoms with Gasteiger partial charge in [0, 0.05) is 4.47 Å². The Labute approximate surface area is 123 Å². The first-order valence-corrected chi connectivity index (χ1v) is 6.49. The lowest BCUT2D eigenvalue weighted by Crippen LogP contribution is -2.54. The number of rotatable bonds is 4. The number of nitrogens with one attached hydrogen (secondary N) is 3. The first kappa shape index (κ1) is 16.9. The Bertz CT molecular complexity index is 503. The van der Waals surface area contributed by atoms with E-state index in [0.717, 1.165) is 12.1 Å². The lowest BCUT2D eigenvalue weighted by atomic mass is 10.1. The molecule has 1 aromatic carbocycles. The number of hydrazine groups is 1. The Kier molecular flexibility index (Phi) is 5.17. The summed E-state index contributed by atoms with van der Waals surface area (Å²) in [5, 5.41) is 2.56. The van der Waals surface area contributed by atoms with Crippen LogP contribution >= 0.6 is 15.9 Å². The molecule has 1 aromatic rings. The highest BCUT2D eigenvalue weighted by Gasteiger charge is 2.31. The molecule has 0 unspecified atom stereocenters. The molecule has 0 heterocycles. The minimum atomic E-state index is -4.42. The molecule has 112 valence electrons. The van der Waals surface area contributed by atoms with E-state index in [0.29, 0.717) is 0 Å². The first-order chi connectivity index (χ1) is 9.08. The Morgan fingerprint density at radius 2 is 1.85 bits per heavy atom. The molecular formula is C12H15BrF3N3O. The average molecular weight is 354 g/mol. The normalized spacial score (nSPS) is 12.3. The number of anilines is 1. The van der Waals surface area contributed by atoms with Gasteiger partial charge in [-0.15, -0.1) is 0 Å². The fourth-order valence-electron chi connectivity index (χ4n) is 1.44. The molecule has 1 rings (SSSR count). The molecule has 0 aliphatic carbocycles. The summed E-state index contributed by atoms with van der Waals surface area (Å²) in [4.78, 5) is 12.0. The molecule has 0 bridgehead atoms. The van der Waals surface area contributed by atoms with Crippen molar-refractivity contribution in [2.45, 2.75) is 25.6 Å². The lowest BCUT2D eigenvalue weighted by Gasteiger charge is -2.24. The van der Waals surface area contributed by atoms with E-state index in [-0.39, 0.29) is 16.1 Å². The number of benzene rings is 1. The smallest absolute Gasteiger partial charge is 0.323 e. The molecule has 4 nitrogen and oxygen atoms in total. The first-order valence-electron chi connectivity index (χ1n) is 5.70. The highest BCUT2D eigenvalue weighted by molar-refractivity contribution is 9.10. The number of hydrogen-bond donors (Lipinski definition) is 3. The molecular weight excluding hydrogens is 339 g/mol. The van der Waals surface area contributed by atoms with Crippen LogP contribution in [0.1, 0.15) is 19.4 Å². The van der Waals surface area contributed by atoms with E-state index in [2.05, 4.69) is 32.1 Å². The van der Waals surface area contributed by atoms with E-state index >= 15 is 0 Å². The molecule has 1 amide bonds. The van der Waals surface area contributed by atoms with Gasteiger partial charge in [-0.1, -0.05) is 0 Å². The van der Waals surface area contributed by atoms with E-state index in [1.165, 1.54) is 6.07 Å². The third kappa shape index (κ3) is 4.19. The lowest BCUT2D eigenvalue weighted by molar-refractivity contribution is -0.137. The average Bonchev–Trinajstić information content (AvgIpc) is 2.30. The van der Waals surface area contributed by atoms with Gasteiger partial charge in [0.1, 0.15) is 5.54 Å². The van der Waals surface area contributed by atoms with Crippen LogP contribution < -0.4 is 16.2 Å². The zero-order valence-corrected chi connectivity index (χ0v) is 12.7. The molecule has 3 N–H and O–H groups in total. The summed E-state index contributed by atoms with van der Waals surface area (Å²) in [6.45, 7) is 3.27. The Morgan fingerprint density at radius 1 is 1.25 bits per heavy atom. The molecule has 0 atom stereocenters. The molecule has 0 aliphatic heterocycles. The summed E-state index contributed by atoms with van der Waals surface area (Å²) in [5.41, 5.74) is 3.96. The third-order valence-corrected chi connectivity index (χ3v) is 3.21. The van der Waals surface area contributed by atoms with Gasteiger partial charge in [-0.25, -0.2) is 5.43 Å². The van der Waals surface area contributed by atoms with Crippen molar-refractivity contribution in [3.63, 3.8) is 0 Å². The van der Waals surface area contributed by atoms with Crippen LogP contribution in [-0.4, -0.2) is 18.5 Å². The second kappa shape index (κ2) is 6.11. The summed E-state index contributed by atoms with van der Waals surface area (Å²) >= 11 is 3.02. The number of carbonyl (C=O) groups excluding carboxylic acids is 1. The number of amides is 1. The maximum Gasteiger partial charge on any atom is 0.416 e. The van der Waals surface area contributed by atoms with Crippen LogP contribution in [0.25, 0.3) is 0 Å². The van der Waals surface area contributed by atoms with Crippen LogP contribution in [0.3, 0.4) is 0 Å². The largest absolute Gasteiger partial charge is 0.416 e. The van der Waals surface area contributed by atoms with Crippen molar-refractivity contribution in [3.8, 4) is 0 Å². The van der Waals surface area contributed by atoms with Gasteiger partial charge in [-0.3, -0.25) is 10.2 Å². The molecule has 0 spiro atoms. The van der Waals surface area contributed by atoms with Crippen LogP contribution in [-0.2, 0) is 11.0 Å². The van der Waals surface area contributed by atoms with Gasteiger partial charge in [0.2, 0.25) is 5.91 Å². The number of halogens is 4. The van der Waals surface area contributed by atoms with Crippen molar-refractivity contribution in [1.82, 2.24) is 10.9 Å². The van der Waals surface area contributed by atoms with Crippen LogP contribution in [0.2, 0.25) is 0 Å². The Hall–Kier alpha value is -1.12. The van der Waals surface area contributed by atoms with Crippen molar-refractivity contribution >= 4 is 27.5 Å². The minimum Gasteiger partial charge on any atom is -0.323 e. The van der Waals surface area contributed by atoms with Crippen LogP contribution in [0, 0.1) is 0 Å². The van der Waals surface area contributed by atoms with E-state index < -0.39 is 17.3 Å². The molecule has 0 saturated heterocycles. The molecule has 20 heavy (non-hydrogen) atoms. The minimum absolute atomic E-state index is 0.168. The SMILES string of the molecule is CNNC(C)(C)C(=O)Nc1ccc(C(F)(F)F)cc1Br. The van der Waals surface area contributed by atoms with Crippen molar-refractivity contribution < 1.29 is 18.0 Å². The second-order valence-electron chi connectivity index (χ2n) is 4.65. The quantitative estimate of drug-likeness (QED) is 0.729. The summed E-state index contributed by atoms with van der Waals surface area (Å²) in [7, 11) is 1.61. The molecule has 8 heteroatoms. The van der Waals surface area contributed by atoms with E-state index in [1.807, 2.05) is 0 Å². The van der Waals surface area contributed by atoms with Crippen molar-refractivity contribution in [3.05, 3.63) is 28.2 Å². The summed E-state index contributed by atoms with van der Waals surface area (Å²) < 4.78 is 37.7. The fourth-order valence-corrected chi connectivity index (χ4v) is 1.92. The van der Waals surface area contributed by atoms with Crippen molar-refractivity contribution in [1.29, 1.82) is 0 Å². The molecule has 0 saturated carbocycles. The third-order valence-electron chi connectivity index (χ3n) is 2.55. The zero-order chi connectivity index (χ0) is 15.6. The molecule has 0 radical (unpaired) electrons. The molecule has 0 aliphatic rings. The Morgan fingerprint density at radius 3 is 2.30 bits per heavy atom. The predicted molar refractivity (Wildman–Crippen MR) is 74.0 cm³/mol. The highest BCUT2D eigenvalue weighted by Crippen LogP contribution is 2.34. The van der Waals surface area contributed by atoms with Crippen molar-refractivity contribution in [2.24, 2.45) is 0 Å². The van der Waals surface area contributed by atoms with Crippen LogP contribution in [0.4, 0.5) is 18.9 Å². The van der Waals surface area contributed by atoms with Gasteiger partial charge in [-0.2, -0.15) is 13.2 Å². The summed E-state index contributed by atoms with van der Waals surface area (Å²) in [6.07, 6.45) is -4.42. The van der Waals surface area contributed by atoms with E-state index in [9.17, 15) is 18.0 Å². The number of hydrogen-bond acceptors (Lipinski definition) is 3. The number of carbonyl (C=O) groups is 1. The maximum atomic E-state index is 12.5. The van der Waals surface area contributed by atoms with Gasteiger partial charge in [0.15, 0.2) is 0 Å². The predicted octanol–water partition coefficient (Wildman–Crippen LogP) is 2.91. The fraction of sp³-hybridized carbons (Fsp3) is 0.417. The summed E-state index contributed by atoms with van der Waals surface area (Å²) in [5.74, 6) is -0.382. The maximum absolute atomic E-state index is 12.5. The van der Waals surface area contributed by atoms with Gasteiger partial charge in [0.05, 0.1) is 11.3 Å². The second-order valence-corrected chi connectivity index (χ2v) is 5.50. The summed E-state index contributed by atoms with van der Waals surface area (Å²) in [6, 6.07) is 3.05. The van der Waals surface area contributed by atoms with Crippen LogP contribution in [0.5, 0.6) is 0 Å². The molecule has 0 aromatic heterocycles. The zero-order valence-electron chi connectivity index (χ0n) is 11.2. The van der Waals surface area contributed by atoms with Gasteiger partial charge in [0.25, 0.3) is 0 Å². The topological polar surface area (TPSA) is 53.2 Å². The van der Waals surface area contributed by atoms with E-state index in [1.54, 1.807) is 20.9 Å². The van der Waals surface area contributed by atoms with Crippen molar-refractivity contribution in [2.75, 3.05) is 12.4 Å². The van der Waals surface area contributed by atoms with E-state index in [4.69, 9.17) is 0 Å². The standard InChI is InChI=1S/C12H15BrF3N3O/c1-11(2,19-17-3)10(20)18-9-5-4-7(6-8(9)13)12(14,15)16/h4-6,17,19H,1-3H3,(H,18,20). The monoisotopic (exact) mass is 353 g/mol. The van der Waals surface area contributed by atoms with Gasteiger partial charge < -0.3 is 5.32 Å². The van der Waals surface area contributed by atoms with Gasteiger partial charge in [-0.05, 0) is 55.0 Å². The van der Waals surface area contributed by atoms with Crippen LogP contribution in [0.15, 0.2) is 22.7 Å². The molecule has 0 fully saturated rings. The number of alkyl halides is 3.